The van der Waals surface area contributed by atoms with Crippen LogP contribution >= 0.6 is 0 Å². The quantitative estimate of drug-likeness (QED) is 0.839. The second-order valence-corrected chi connectivity index (χ2v) is 6.52. The van der Waals surface area contributed by atoms with Gasteiger partial charge in [-0.15, -0.1) is 0 Å². The molecule has 0 saturated carbocycles. The highest BCUT2D eigenvalue weighted by molar-refractivity contribution is 5.96. The van der Waals surface area contributed by atoms with Gasteiger partial charge in [0.05, 0.1) is 13.7 Å². The van der Waals surface area contributed by atoms with E-state index in [0.29, 0.717) is 23.1 Å². The molecule has 2 amide bonds. The standard InChI is InChI=1S/C19H23N3O4/c1-11-19(24)22(12(2)18(23)21(11)4)10-16-13(3)26-17(20-16)14-7-6-8-15(9-14)25-5/h6-9,11-12H,10H2,1-5H3/t11-,12-/m0/s1. The average molecular weight is 357 g/mol. The van der Waals surface area contributed by atoms with Crippen LogP contribution < -0.4 is 4.74 Å². The molecule has 0 unspecified atom stereocenters. The molecule has 1 fully saturated rings. The van der Waals surface area contributed by atoms with Crippen LogP contribution in [0, 0.1) is 6.92 Å². The first-order valence-electron chi connectivity index (χ1n) is 8.51. The van der Waals surface area contributed by atoms with Gasteiger partial charge in [0.15, 0.2) is 0 Å². The van der Waals surface area contributed by atoms with Gasteiger partial charge in [0.2, 0.25) is 17.7 Å². The minimum atomic E-state index is -0.528. The van der Waals surface area contributed by atoms with Gasteiger partial charge in [-0.3, -0.25) is 9.59 Å². The van der Waals surface area contributed by atoms with Gasteiger partial charge >= 0.3 is 0 Å². The molecule has 7 nitrogen and oxygen atoms in total. The van der Waals surface area contributed by atoms with Gasteiger partial charge in [-0.25, -0.2) is 4.98 Å². The Labute approximate surface area is 152 Å². The lowest BCUT2D eigenvalue weighted by molar-refractivity contribution is -0.159. The van der Waals surface area contributed by atoms with E-state index in [1.807, 2.05) is 31.2 Å². The summed E-state index contributed by atoms with van der Waals surface area (Å²) >= 11 is 0. The number of aromatic nitrogens is 1. The van der Waals surface area contributed by atoms with E-state index in [9.17, 15) is 9.59 Å². The molecule has 2 atom stereocenters. The summed E-state index contributed by atoms with van der Waals surface area (Å²) < 4.78 is 11.0. The predicted molar refractivity (Wildman–Crippen MR) is 95.5 cm³/mol. The third-order valence-electron chi connectivity index (χ3n) is 4.92. The summed E-state index contributed by atoms with van der Waals surface area (Å²) in [7, 11) is 3.25. The van der Waals surface area contributed by atoms with Crippen molar-refractivity contribution in [2.24, 2.45) is 0 Å². The molecule has 0 radical (unpaired) electrons. The van der Waals surface area contributed by atoms with Crippen LogP contribution in [0.15, 0.2) is 28.7 Å². The average Bonchev–Trinajstić information content (AvgIpc) is 3.02. The lowest BCUT2D eigenvalue weighted by Gasteiger charge is -2.40. The van der Waals surface area contributed by atoms with Crippen LogP contribution in [0.5, 0.6) is 5.75 Å². The summed E-state index contributed by atoms with van der Waals surface area (Å²) in [5, 5.41) is 0. The van der Waals surface area contributed by atoms with Crippen molar-refractivity contribution in [2.75, 3.05) is 14.2 Å². The van der Waals surface area contributed by atoms with E-state index in [0.717, 1.165) is 5.56 Å². The minimum absolute atomic E-state index is 0.0775. The fourth-order valence-corrected chi connectivity index (χ4v) is 3.05. The summed E-state index contributed by atoms with van der Waals surface area (Å²) in [5.74, 6) is 1.63. The summed E-state index contributed by atoms with van der Waals surface area (Å²) in [4.78, 5) is 32.6. The monoisotopic (exact) mass is 357 g/mol. The van der Waals surface area contributed by atoms with Crippen molar-refractivity contribution in [3.63, 3.8) is 0 Å². The number of ether oxygens (including phenoxy) is 1. The molecule has 1 aromatic heterocycles. The maximum absolute atomic E-state index is 12.6. The molecule has 0 N–H and O–H groups in total. The fourth-order valence-electron chi connectivity index (χ4n) is 3.05. The molecular formula is C19H23N3O4. The molecule has 2 aromatic rings. The second-order valence-electron chi connectivity index (χ2n) is 6.52. The second kappa shape index (κ2) is 6.82. The topological polar surface area (TPSA) is 75.9 Å². The molecule has 1 aliphatic heterocycles. The largest absolute Gasteiger partial charge is 0.497 e. The van der Waals surface area contributed by atoms with Crippen LogP contribution in [0.1, 0.15) is 25.3 Å². The maximum atomic E-state index is 12.6. The number of likely N-dealkylation sites (N-methyl/N-ethyl adjacent to an activating group) is 1. The number of aryl methyl sites for hydroxylation is 1. The van der Waals surface area contributed by atoms with Gasteiger partial charge in [0.1, 0.15) is 29.3 Å². The Morgan fingerprint density at radius 1 is 1.19 bits per heavy atom. The molecule has 3 rings (SSSR count). The van der Waals surface area contributed by atoms with Gasteiger partial charge in [-0.1, -0.05) is 6.07 Å². The molecule has 0 bridgehead atoms. The van der Waals surface area contributed by atoms with E-state index in [-0.39, 0.29) is 18.4 Å². The molecule has 2 heterocycles. The van der Waals surface area contributed by atoms with Gasteiger partial charge in [-0.05, 0) is 39.0 Å². The number of hydrogen-bond acceptors (Lipinski definition) is 5. The van der Waals surface area contributed by atoms with E-state index in [4.69, 9.17) is 9.15 Å². The Balaban J connectivity index is 1.88. The van der Waals surface area contributed by atoms with Crippen molar-refractivity contribution in [3.05, 3.63) is 35.7 Å². The van der Waals surface area contributed by atoms with Crippen molar-refractivity contribution in [2.45, 2.75) is 39.4 Å². The first-order valence-corrected chi connectivity index (χ1v) is 8.51. The molecule has 0 spiro atoms. The maximum Gasteiger partial charge on any atom is 0.246 e. The Hall–Kier alpha value is -2.83. The van der Waals surface area contributed by atoms with Crippen LogP contribution in [-0.4, -0.2) is 52.8 Å². The number of rotatable bonds is 4. The zero-order valence-corrected chi connectivity index (χ0v) is 15.6. The third kappa shape index (κ3) is 3.05. The lowest BCUT2D eigenvalue weighted by Crippen LogP contribution is -2.61. The van der Waals surface area contributed by atoms with Gasteiger partial charge < -0.3 is 19.0 Å². The molecule has 7 heteroatoms. The Kier molecular flexibility index (Phi) is 4.71. The number of carbonyl (C=O) groups excluding carboxylic acids is 2. The molecule has 1 saturated heterocycles. The van der Waals surface area contributed by atoms with Crippen LogP contribution in [-0.2, 0) is 16.1 Å². The van der Waals surface area contributed by atoms with E-state index in [1.54, 1.807) is 32.9 Å². The number of methoxy groups -OCH3 is 1. The van der Waals surface area contributed by atoms with Crippen molar-refractivity contribution in [3.8, 4) is 17.2 Å². The number of hydrogen-bond donors (Lipinski definition) is 0. The van der Waals surface area contributed by atoms with E-state index in [2.05, 4.69) is 4.98 Å². The van der Waals surface area contributed by atoms with E-state index >= 15 is 0 Å². The predicted octanol–water partition coefficient (Wildman–Crippen LogP) is 2.24. The van der Waals surface area contributed by atoms with Gasteiger partial charge in [-0.2, -0.15) is 0 Å². The molecule has 1 aliphatic rings. The molecule has 26 heavy (non-hydrogen) atoms. The van der Waals surface area contributed by atoms with Crippen molar-refractivity contribution < 1.29 is 18.7 Å². The summed E-state index contributed by atoms with van der Waals surface area (Å²) in [6.07, 6.45) is 0. The highest BCUT2D eigenvalue weighted by atomic mass is 16.5. The zero-order chi connectivity index (χ0) is 19.0. The lowest BCUT2D eigenvalue weighted by atomic mass is 10.1. The molecule has 0 aliphatic carbocycles. The van der Waals surface area contributed by atoms with Crippen molar-refractivity contribution in [1.82, 2.24) is 14.8 Å². The van der Waals surface area contributed by atoms with Gasteiger partial charge in [0.25, 0.3) is 0 Å². The van der Waals surface area contributed by atoms with Gasteiger partial charge in [0, 0.05) is 12.6 Å². The number of piperazine rings is 1. The highest BCUT2D eigenvalue weighted by Crippen LogP contribution is 2.27. The molecule has 138 valence electrons. The smallest absolute Gasteiger partial charge is 0.246 e. The number of oxazole rings is 1. The summed E-state index contributed by atoms with van der Waals surface area (Å²) in [6.45, 7) is 5.52. The molecular weight excluding hydrogens is 334 g/mol. The summed E-state index contributed by atoms with van der Waals surface area (Å²) in [5.41, 5.74) is 1.44. The number of amides is 2. The minimum Gasteiger partial charge on any atom is -0.497 e. The zero-order valence-electron chi connectivity index (χ0n) is 15.6. The van der Waals surface area contributed by atoms with Crippen LogP contribution in [0.2, 0.25) is 0 Å². The van der Waals surface area contributed by atoms with Crippen molar-refractivity contribution in [1.29, 1.82) is 0 Å². The van der Waals surface area contributed by atoms with Crippen LogP contribution in [0.25, 0.3) is 11.5 Å². The number of benzene rings is 1. The Bertz CT molecular complexity index is 845. The normalized spacial score (nSPS) is 20.7. The number of carbonyl (C=O) groups is 2. The SMILES string of the molecule is COc1cccc(-c2nc(CN3C(=O)[C@H](C)N(C)C(=O)[C@@H]3C)c(C)o2)c1. The van der Waals surface area contributed by atoms with Crippen LogP contribution in [0.4, 0.5) is 0 Å². The van der Waals surface area contributed by atoms with E-state index < -0.39 is 12.1 Å². The first kappa shape index (κ1) is 18.0. The third-order valence-corrected chi connectivity index (χ3v) is 4.92. The molecule has 1 aromatic carbocycles. The Morgan fingerprint density at radius 3 is 2.62 bits per heavy atom. The van der Waals surface area contributed by atoms with E-state index in [1.165, 1.54) is 4.90 Å². The van der Waals surface area contributed by atoms with Crippen molar-refractivity contribution >= 4 is 11.8 Å². The first-order chi connectivity index (χ1) is 12.3. The highest BCUT2D eigenvalue weighted by Gasteiger charge is 2.40. The Morgan fingerprint density at radius 2 is 1.92 bits per heavy atom. The van der Waals surface area contributed by atoms with Crippen LogP contribution in [0.3, 0.4) is 0 Å². The number of nitrogens with zero attached hydrogens (tertiary/aromatic N) is 3. The summed E-state index contributed by atoms with van der Waals surface area (Å²) in [6, 6.07) is 6.41. The fraction of sp³-hybridized carbons (Fsp3) is 0.421.